The molecule has 0 unspecified atom stereocenters. The van der Waals surface area contributed by atoms with Crippen molar-refractivity contribution in [2.75, 3.05) is 0 Å². The predicted octanol–water partition coefficient (Wildman–Crippen LogP) is -2.48. The van der Waals surface area contributed by atoms with Crippen molar-refractivity contribution in [3.8, 4) is 0 Å². The molecule has 0 amide bonds. The van der Waals surface area contributed by atoms with Crippen LogP contribution in [0.5, 0.6) is 0 Å². The molecule has 10 heteroatoms. The molecule has 0 saturated carbocycles. The molecule has 0 spiro atoms. The fourth-order valence-corrected chi connectivity index (χ4v) is 1.22. The van der Waals surface area contributed by atoms with Gasteiger partial charge in [0.2, 0.25) is 0 Å². The Hall–Kier alpha value is -1.22. The molecule has 0 aromatic heterocycles. The van der Waals surface area contributed by atoms with Crippen molar-refractivity contribution in [1.82, 2.24) is 0 Å². The number of nitro benzene ring substituents is 2. The maximum Gasteiger partial charge on any atom is 1.00 e. The quantitative estimate of drug-likeness (QED) is 0.339. The van der Waals surface area contributed by atoms with Gasteiger partial charge in [0.15, 0.2) is 5.02 Å². The minimum atomic E-state index is -1.76. The van der Waals surface area contributed by atoms with E-state index in [-0.39, 0.29) is 29.6 Å². The molecule has 8 nitrogen and oxygen atoms in total. The molecule has 0 bridgehead atoms. The zero-order valence-corrected chi connectivity index (χ0v) is 11.1. The number of halogens is 1. The maximum atomic E-state index is 10.5. The number of nitrogens with zero attached hydrogens (tertiary/aromatic N) is 2. The van der Waals surface area contributed by atoms with E-state index in [4.69, 9.17) is 11.6 Å². The van der Waals surface area contributed by atoms with Gasteiger partial charge in [-0.2, -0.15) is 0 Å². The van der Waals surface area contributed by atoms with E-state index in [0.29, 0.717) is 12.1 Å². The van der Waals surface area contributed by atoms with Crippen molar-refractivity contribution in [2.24, 2.45) is 0 Å². The minimum absolute atomic E-state index is 0. The van der Waals surface area contributed by atoms with Gasteiger partial charge in [-0.15, -0.1) is 0 Å². The predicted molar refractivity (Wildman–Crippen MR) is 49.1 cm³/mol. The number of hydrogen-bond acceptors (Lipinski definition) is 6. The zero-order valence-electron chi connectivity index (χ0n) is 8.38. The number of benzene rings is 1. The van der Waals surface area contributed by atoms with E-state index in [2.05, 4.69) is 0 Å². The normalized spacial score (nSPS) is 9.24. The Morgan fingerprint density at radius 2 is 1.47 bits per heavy atom. The minimum Gasteiger partial charge on any atom is -0.545 e. The van der Waals surface area contributed by atoms with Crippen LogP contribution in [0.25, 0.3) is 0 Å². The van der Waals surface area contributed by atoms with E-state index in [1.54, 1.807) is 0 Å². The summed E-state index contributed by atoms with van der Waals surface area (Å²) in [7, 11) is 0. The van der Waals surface area contributed by atoms with Crippen LogP contribution in [0.15, 0.2) is 12.1 Å². The number of hydrogen-bond donors (Lipinski definition) is 0. The molecule has 0 saturated heterocycles. The van der Waals surface area contributed by atoms with Crippen molar-refractivity contribution in [2.45, 2.75) is 0 Å². The van der Waals surface area contributed by atoms with Crippen LogP contribution in [0.2, 0.25) is 5.02 Å². The zero-order chi connectivity index (χ0) is 12.5. The molecule has 1 rings (SSSR count). The molecule has 0 heterocycles. The number of rotatable bonds is 3. The number of carbonyl (C=O) groups is 1. The number of nitro groups is 2. The van der Waals surface area contributed by atoms with E-state index < -0.39 is 37.8 Å². The van der Waals surface area contributed by atoms with Gasteiger partial charge in [0, 0.05) is 17.7 Å². The van der Waals surface area contributed by atoms with E-state index >= 15 is 0 Å². The molecule has 1 aromatic carbocycles. The first-order valence-electron chi connectivity index (χ1n) is 3.68. The largest absolute Gasteiger partial charge is 1.00 e. The molecular formula is C7H2ClN2NaO6. The van der Waals surface area contributed by atoms with Crippen molar-refractivity contribution in [1.29, 1.82) is 0 Å². The summed E-state index contributed by atoms with van der Waals surface area (Å²) < 4.78 is 0. The topological polar surface area (TPSA) is 126 Å². The van der Waals surface area contributed by atoms with Gasteiger partial charge in [0.05, 0.1) is 15.8 Å². The first kappa shape index (κ1) is 15.8. The third-order valence-electron chi connectivity index (χ3n) is 1.66. The molecule has 84 valence electrons. The summed E-state index contributed by atoms with van der Waals surface area (Å²) in [5.41, 5.74) is -2.38. The van der Waals surface area contributed by atoms with Gasteiger partial charge in [-0.25, -0.2) is 0 Å². The van der Waals surface area contributed by atoms with E-state index in [9.17, 15) is 30.1 Å². The van der Waals surface area contributed by atoms with Crippen LogP contribution in [0, 0.1) is 20.2 Å². The molecule has 0 radical (unpaired) electrons. The molecule has 0 aliphatic rings. The average Bonchev–Trinajstić information content (AvgIpc) is 2.16. The first-order valence-corrected chi connectivity index (χ1v) is 4.06. The van der Waals surface area contributed by atoms with Gasteiger partial charge < -0.3 is 9.90 Å². The van der Waals surface area contributed by atoms with Gasteiger partial charge >= 0.3 is 29.6 Å². The summed E-state index contributed by atoms with van der Waals surface area (Å²) in [4.78, 5) is 29.4. The van der Waals surface area contributed by atoms with Crippen LogP contribution >= 0.6 is 11.6 Å². The Kier molecular flexibility index (Phi) is 5.49. The van der Waals surface area contributed by atoms with Gasteiger partial charge in [-0.1, -0.05) is 11.6 Å². The third kappa shape index (κ3) is 3.37. The summed E-state index contributed by atoms with van der Waals surface area (Å²) in [6, 6.07) is 1.20. The molecule has 0 atom stereocenters. The second kappa shape index (κ2) is 5.92. The fraction of sp³-hybridized carbons (Fsp3) is 0. The van der Waals surface area contributed by atoms with Gasteiger partial charge in [-0.3, -0.25) is 20.2 Å². The Labute approximate surface area is 121 Å². The average molecular weight is 269 g/mol. The smallest absolute Gasteiger partial charge is 0.545 e. The fourth-order valence-electron chi connectivity index (χ4n) is 0.978. The third-order valence-corrected chi connectivity index (χ3v) is 2.05. The van der Waals surface area contributed by atoms with Gasteiger partial charge in [0.25, 0.3) is 11.4 Å². The maximum absolute atomic E-state index is 10.5. The Balaban J connectivity index is 0.00000256. The van der Waals surface area contributed by atoms with Crippen LogP contribution in [0.1, 0.15) is 10.4 Å². The summed E-state index contributed by atoms with van der Waals surface area (Å²) in [5.74, 6) is -1.76. The Bertz CT molecular complexity index is 470. The Morgan fingerprint density at radius 3 is 1.71 bits per heavy atom. The summed E-state index contributed by atoms with van der Waals surface area (Å²) >= 11 is 5.38. The first-order chi connectivity index (χ1) is 7.34. The summed E-state index contributed by atoms with van der Waals surface area (Å²) in [5, 5.41) is 30.7. The number of carboxylic acid groups (broad SMARTS) is 1. The molecule has 1 aromatic rings. The number of aromatic carboxylic acids is 1. The second-order valence-corrected chi connectivity index (χ2v) is 3.01. The SMILES string of the molecule is O=C([O-])c1cc([N+](=O)[O-])c(Cl)c([N+](=O)[O-])c1.[Na+]. The molecule has 0 N–H and O–H groups in total. The molecule has 17 heavy (non-hydrogen) atoms. The molecule has 0 fully saturated rings. The van der Waals surface area contributed by atoms with Crippen molar-refractivity contribution < 1.29 is 49.3 Å². The summed E-state index contributed by atoms with van der Waals surface area (Å²) in [6.07, 6.45) is 0. The van der Waals surface area contributed by atoms with Crippen LogP contribution in [-0.4, -0.2) is 15.8 Å². The second-order valence-electron chi connectivity index (χ2n) is 2.63. The standard InChI is InChI=1S/C7H3ClN2O6.Na/c8-6-4(9(13)14)1-3(7(11)12)2-5(6)10(15)16;/h1-2H,(H,11,12);/q;+1/p-1. The van der Waals surface area contributed by atoms with Gasteiger partial charge in [0.1, 0.15) is 0 Å². The van der Waals surface area contributed by atoms with Crippen LogP contribution in [0.4, 0.5) is 11.4 Å². The van der Waals surface area contributed by atoms with Crippen LogP contribution in [-0.2, 0) is 0 Å². The molecular weight excluding hydrogens is 267 g/mol. The Morgan fingerprint density at radius 1 is 1.12 bits per heavy atom. The number of carbonyl (C=O) groups excluding carboxylic acids is 1. The van der Waals surface area contributed by atoms with E-state index in [1.165, 1.54) is 0 Å². The van der Waals surface area contributed by atoms with Crippen LogP contribution in [0.3, 0.4) is 0 Å². The molecule has 0 aliphatic heterocycles. The van der Waals surface area contributed by atoms with E-state index in [1.807, 2.05) is 0 Å². The van der Waals surface area contributed by atoms with Crippen molar-refractivity contribution in [3.05, 3.63) is 42.9 Å². The monoisotopic (exact) mass is 268 g/mol. The van der Waals surface area contributed by atoms with Crippen LogP contribution < -0.4 is 34.7 Å². The molecule has 0 aliphatic carbocycles. The van der Waals surface area contributed by atoms with Crippen molar-refractivity contribution >= 4 is 28.9 Å². The van der Waals surface area contributed by atoms with Crippen molar-refractivity contribution in [3.63, 3.8) is 0 Å². The van der Waals surface area contributed by atoms with E-state index in [0.717, 1.165) is 0 Å². The number of carboxylic acids is 1. The van der Waals surface area contributed by atoms with Gasteiger partial charge in [-0.05, 0) is 0 Å². The summed E-state index contributed by atoms with van der Waals surface area (Å²) in [6.45, 7) is 0.